The number of nitrogens with one attached hydrogen (secondary N) is 3. The highest BCUT2D eigenvalue weighted by molar-refractivity contribution is 5.98. The Bertz CT molecular complexity index is 1050. The van der Waals surface area contributed by atoms with Crippen LogP contribution in [0.5, 0.6) is 0 Å². The fourth-order valence-corrected chi connectivity index (χ4v) is 3.27. The van der Waals surface area contributed by atoms with Crippen molar-refractivity contribution in [1.82, 2.24) is 21.1 Å². The van der Waals surface area contributed by atoms with E-state index in [0.29, 0.717) is 12.4 Å². The Balaban J connectivity index is 0.00000153. The molecule has 2 heterocycles. The summed E-state index contributed by atoms with van der Waals surface area (Å²) in [5.41, 5.74) is -0.0221. The predicted octanol–water partition coefficient (Wildman–Crippen LogP) is 0.192. The molecule has 12 heteroatoms. The number of amides is 3. The smallest absolute Gasteiger partial charge is 0.274 e. The van der Waals surface area contributed by atoms with E-state index in [1.165, 1.54) is 13.2 Å². The van der Waals surface area contributed by atoms with Crippen molar-refractivity contribution in [3.05, 3.63) is 53.4 Å². The number of rotatable bonds is 12. The highest BCUT2D eigenvalue weighted by Crippen LogP contribution is 2.29. The molecule has 1 aromatic carbocycles. The Morgan fingerprint density at radius 3 is 2.27 bits per heavy atom. The second-order valence-electron chi connectivity index (χ2n) is 8.62. The number of carbonyl (C=O) groups is 4. The molecule has 0 saturated carbocycles. The number of benzene rings is 1. The van der Waals surface area contributed by atoms with Crippen molar-refractivity contribution < 1.29 is 37.9 Å². The summed E-state index contributed by atoms with van der Waals surface area (Å²) in [4.78, 5) is 50.3. The summed E-state index contributed by atoms with van der Waals surface area (Å²) < 4.78 is 19.4. The van der Waals surface area contributed by atoms with E-state index in [-0.39, 0.29) is 24.5 Å². The number of ether oxygens (including phenoxy) is 3. The highest BCUT2D eigenvalue weighted by Gasteiger charge is 2.50. The fourth-order valence-electron chi connectivity index (χ4n) is 3.27. The number of aryl methyl sites for hydroxylation is 1. The first-order valence-electron chi connectivity index (χ1n) is 11.6. The molecule has 1 fully saturated rings. The van der Waals surface area contributed by atoms with Crippen molar-refractivity contribution in [3.8, 4) is 0 Å². The summed E-state index contributed by atoms with van der Waals surface area (Å²) in [6.07, 6.45) is 0.289. The molecular weight excluding hydrogens is 484 g/mol. The molecule has 3 unspecified atom stereocenters. The summed E-state index contributed by atoms with van der Waals surface area (Å²) in [6.45, 7) is 3.09. The molecular formula is C25H34N4O8. The van der Waals surface area contributed by atoms with Gasteiger partial charge in [-0.2, -0.15) is 0 Å². The maximum absolute atomic E-state index is 12.9. The zero-order valence-electron chi connectivity index (χ0n) is 21.7. The van der Waals surface area contributed by atoms with Gasteiger partial charge in [0, 0.05) is 27.4 Å². The van der Waals surface area contributed by atoms with Gasteiger partial charge in [0.2, 0.25) is 11.8 Å². The normalized spacial score (nSPS) is 17.4. The number of epoxide rings is 1. The van der Waals surface area contributed by atoms with Crippen LogP contribution in [-0.2, 0) is 35.0 Å². The number of Topliss-reactive ketones (excluding diaryl/α,β-unsaturated/α-hetero) is 1. The lowest BCUT2D eigenvalue weighted by Gasteiger charge is -2.21. The van der Waals surface area contributed by atoms with Gasteiger partial charge in [-0.15, -0.1) is 0 Å². The molecule has 0 radical (unpaired) electrons. The Morgan fingerprint density at radius 1 is 1.08 bits per heavy atom. The number of carbonyl (C=O) groups excluding carboxylic acids is 4. The van der Waals surface area contributed by atoms with Gasteiger partial charge in [0.05, 0.1) is 25.8 Å². The largest absolute Gasteiger partial charge is 0.388 e. The Hall–Kier alpha value is -3.61. The number of hydrogen-bond acceptors (Lipinski definition) is 9. The van der Waals surface area contributed by atoms with Crippen molar-refractivity contribution in [1.29, 1.82) is 0 Å². The van der Waals surface area contributed by atoms with Crippen molar-refractivity contribution in [2.75, 3.05) is 41.1 Å². The molecule has 1 aromatic heterocycles. The molecule has 0 bridgehead atoms. The van der Waals surface area contributed by atoms with Crippen LogP contribution in [0.25, 0.3) is 0 Å². The molecule has 1 aliphatic heterocycles. The van der Waals surface area contributed by atoms with Gasteiger partial charge in [-0.3, -0.25) is 19.2 Å². The van der Waals surface area contributed by atoms with Crippen molar-refractivity contribution >= 4 is 23.5 Å². The van der Waals surface area contributed by atoms with E-state index < -0.39 is 42.0 Å². The second-order valence-corrected chi connectivity index (χ2v) is 8.62. The van der Waals surface area contributed by atoms with Crippen molar-refractivity contribution in [2.45, 2.75) is 38.0 Å². The first-order valence-corrected chi connectivity index (χ1v) is 11.6. The Kier molecular flexibility index (Phi) is 11.4. The van der Waals surface area contributed by atoms with E-state index in [4.69, 9.17) is 14.0 Å². The first kappa shape index (κ1) is 29.6. The molecule has 1 aliphatic rings. The van der Waals surface area contributed by atoms with Gasteiger partial charge in [0.15, 0.2) is 11.5 Å². The van der Waals surface area contributed by atoms with Crippen LogP contribution in [-0.4, -0.2) is 87.4 Å². The minimum absolute atomic E-state index is 0.0159. The maximum Gasteiger partial charge on any atom is 0.274 e. The zero-order chi connectivity index (χ0) is 27.4. The molecule has 2 aromatic rings. The summed E-state index contributed by atoms with van der Waals surface area (Å²) in [5, 5.41) is 11.2. The van der Waals surface area contributed by atoms with Crippen LogP contribution in [0.2, 0.25) is 0 Å². The molecule has 0 spiro atoms. The van der Waals surface area contributed by atoms with Crippen LogP contribution >= 0.6 is 0 Å². The predicted molar refractivity (Wildman–Crippen MR) is 132 cm³/mol. The molecule has 3 rings (SSSR count). The Labute approximate surface area is 215 Å². The van der Waals surface area contributed by atoms with Gasteiger partial charge in [-0.25, -0.2) is 0 Å². The standard InChI is InChI=1S/C23H28N4O7.C2H6O/c1-14-9-17(27-34-14)22(31)26-18(12-32-3)21(30)24-11-19(28)25-16(20(29)23(2)13-33-23)10-15-7-5-4-6-8-15;1-3-2/h4-9,16,18H,10-13H2,1-3H3,(H,24,30)(H,25,28)(H,26,31);1-2H3. The quantitative estimate of drug-likeness (QED) is 0.333. The number of ketones is 1. The molecule has 3 N–H and O–H groups in total. The number of nitrogens with zero attached hydrogens (tertiary/aromatic N) is 1. The van der Waals surface area contributed by atoms with E-state index in [1.54, 1.807) is 28.1 Å². The van der Waals surface area contributed by atoms with E-state index in [1.807, 2.05) is 30.3 Å². The number of methoxy groups -OCH3 is 2. The van der Waals surface area contributed by atoms with Gasteiger partial charge in [0.1, 0.15) is 17.4 Å². The average Bonchev–Trinajstić information content (AvgIpc) is 3.48. The van der Waals surface area contributed by atoms with Gasteiger partial charge in [0.25, 0.3) is 5.91 Å². The highest BCUT2D eigenvalue weighted by atomic mass is 16.6. The third-order valence-electron chi connectivity index (χ3n) is 5.27. The molecule has 1 saturated heterocycles. The van der Waals surface area contributed by atoms with Crippen LogP contribution in [0.1, 0.15) is 28.7 Å². The maximum atomic E-state index is 12.9. The monoisotopic (exact) mass is 518 g/mol. The van der Waals surface area contributed by atoms with Crippen LogP contribution in [0.3, 0.4) is 0 Å². The van der Waals surface area contributed by atoms with Crippen LogP contribution in [0, 0.1) is 6.92 Å². The summed E-state index contributed by atoms with van der Waals surface area (Å²) in [5.74, 6) is -1.59. The number of hydrogen-bond donors (Lipinski definition) is 3. The lowest BCUT2D eigenvalue weighted by atomic mass is 9.95. The second kappa shape index (κ2) is 14.2. The molecule has 3 amide bonds. The molecule has 202 valence electrons. The van der Waals surface area contributed by atoms with Crippen molar-refractivity contribution in [2.24, 2.45) is 0 Å². The lowest BCUT2D eigenvalue weighted by molar-refractivity contribution is -0.131. The summed E-state index contributed by atoms with van der Waals surface area (Å²) >= 11 is 0. The van der Waals surface area contributed by atoms with Crippen LogP contribution in [0.4, 0.5) is 0 Å². The van der Waals surface area contributed by atoms with Gasteiger partial charge >= 0.3 is 0 Å². The van der Waals surface area contributed by atoms with Gasteiger partial charge < -0.3 is 34.7 Å². The van der Waals surface area contributed by atoms with Gasteiger partial charge in [-0.05, 0) is 25.8 Å². The Morgan fingerprint density at radius 2 is 1.73 bits per heavy atom. The average molecular weight is 519 g/mol. The van der Waals surface area contributed by atoms with Gasteiger partial charge in [-0.1, -0.05) is 35.5 Å². The third kappa shape index (κ3) is 9.41. The van der Waals surface area contributed by atoms with E-state index >= 15 is 0 Å². The summed E-state index contributed by atoms with van der Waals surface area (Å²) in [6, 6.07) is 8.82. The SMILES string of the molecule is COC.COCC(NC(=O)c1cc(C)on1)C(=O)NCC(=O)NC(Cc1ccccc1)C(=O)C1(C)CO1. The molecule has 12 nitrogen and oxygen atoms in total. The molecule has 0 aliphatic carbocycles. The first-order chi connectivity index (χ1) is 17.6. The fraction of sp³-hybridized carbons (Fsp3) is 0.480. The molecule has 3 atom stereocenters. The van der Waals surface area contributed by atoms with E-state index in [2.05, 4.69) is 25.8 Å². The van der Waals surface area contributed by atoms with Crippen molar-refractivity contribution in [3.63, 3.8) is 0 Å². The minimum Gasteiger partial charge on any atom is -0.388 e. The zero-order valence-corrected chi connectivity index (χ0v) is 21.7. The summed E-state index contributed by atoms with van der Waals surface area (Å²) in [7, 11) is 4.62. The van der Waals surface area contributed by atoms with Crippen LogP contribution in [0.15, 0.2) is 40.9 Å². The van der Waals surface area contributed by atoms with E-state index in [0.717, 1.165) is 5.56 Å². The third-order valence-corrected chi connectivity index (χ3v) is 5.27. The lowest BCUT2D eigenvalue weighted by Crippen LogP contribution is -2.53. The van der Waals surface area contributed by atoms with Crippen LogP contribution < -0.4 is 16.0 Å². The van der Waals surface area contributed by atoms with E-state index in [9.17, 15) is 19.2 Å². The molecule has 37 heavy (non-hydrogen) atoms. The minimum atomic E-state index is -1.07. The topological polar surface area (TPSA) is 161 Å². The number of aromatic nitrogens is 1.